The summed E-state index contributed by atoms with van der Waals surface area (Å²) >= 11 is 0. The van der Waals surface area contributed by atoms with E-state index in [1.165, 1.54) is 0 Å². The number of hydrogen-bond acceptors (Lipinski definition) is 6. The summed E-state index contributed by atoms with van der Waals surface area (Å²) in [5.74, 6) is -0.428. The van der Waals surface area contributed by atoms with Crippen molar-refractivity contribution >= 4 is 0 Å². The molecule has 2 rings (SSSR count). The SMILES string of the molecule is OC[C@H]1C[C@@H](O)[C@H](O)[C@@H](O)C12C[C@@H](O)[C@@H](O)C2. The van der Waals surface area contributed by atoms with Crippen molar-refractivity contribution in [2.75, 3.05) is 6.61 Å². The first-order chi connectivity index (χ1) is 7.92. The summed E-state index contributed by atoms with van der Waals surface area (Å²) in [7, 11) is 0. The molecule has 100 valence electrons. The van der Waals surface area contributed by atoms with E-state index in [2.05, 4.69) is 0 Å². The van der Waals surface area contributed by atoms with Gasteiger partial charge in [0.05, 0.1) is 24.4 Å². The third kappa shape index (κ3) is 1.89. The minimum Gasteiger partial charge on any atom is -0.396 e. The van der Waals surface area contributed by atoms with Crippen molar-refractivity contribution in [1.29, 1.82) is 0 Å². The summed E-state index contributed by atoms with van der Waals surface area (Å²) in [6.07, 6.45) is -5.11. The van der Waals surface area contributed by atoms with E-state index in [1.54, 1.807) is 0 Å². The van der Waals surface area contributed by atoms with Crippen LogP contribution < -0.4 is 0 Å². The van der Waals surface area contributed by atoms with E-state index < -0.39 is 41.9 Å². The van der Waals surface area contributed by atoms with E-state index in [1.807, 2.05) is 0 Å². The summed E-state index contributed by atoms with van der Waals surface area (Å²) in [6, 6.07) is 0. The van der Waals surface area contributed by atoms with Crippen molar-refractivity contribution in [2.45, 2.75) is 49.8 Å². The molecule has 6 N–H and O–H groups in total. The molecule has 1 spiro atoms. The molecule has 6 heteroatoms. The molecule has 6 nitrogen and oxygen atoms in total. The molecule has 0 radical (unpaired) electrons. The fraction of sp³-hybridized carbons (Fsp3) is 1.00. The van der Waals surface area contributed by atoms with Crippen molar-refractivity contribution in [3.8, 4) is 0 Å². The van der Waals surface area contributed by atoms with Gasteiger partial charge in [-0.05, 0) is 25.2 Å². The van der Waals surface area contributed by atoms with Gasteiger partial charge in [0.15, 0.2) is 0 Å². The Balaban J connectivity index is 2.29. The Morgan fingerprint density at radius 1 is 0.882 bits per heavy atom. The predicted octanol–water partition coefficient (Wildman–Crippen LogP) is -2.42. The van der Waals surface area contributed by atoms with Crippen LogP contribution in [0.4, 0.5) is 0 Å². The van der Waals surface area contributed by atoms with E-state index in [4.69, 9.17) is 0 Å². The highest BCUT2D eigenvalue weighted by atomic mass is 16.4. The molecule has 17 heavy (non-hydrogen) atoms. The van der Waals surface area contributed by atoms with E-state index in [0.29, 0.717) is 0 Å². The van der Waals surface area contributed by atoms with Gasteiger partial charge in [0, 0.05) is 12.0 Å². The largest absolute Gasteiger partial charge is 0.396 e. The minimum absolute atomic E-state index is 0.129. The number of aliphatic hydroxyl groups excluding tert-OH is 6. The highest BCUT2D eigenvalue weighted by Gasteiger charge is 2.58. The molecule has 7 atom stereocenters. The average Bonchev–Trinajstić information content (AvgIpc) is 2.59. The van der Waals surface area contributed by atoms with Crippen LogP contribution in [0, 0.1) is 11.3 Å². The van der Waals surface area contributed by atoms with Gasteiger partial charge in [0.1, 0.15) is 6.10 Å². The summed E-state index contributed by atoms with van der Waals surface area (Å²) in [4.78, 5) is 0. The van der Waals surface area contributed by atoms with Gasteiger partial charge in [-0.25, -0.2) is 0 Å². The van der Waals surface area contributed by atoms with Crippen LogP contribution >= 0.6 is 0 Å². The Kier molecular flexibility index (Phi) is 3.46. The lowest BCUT2D eigenvalue weighted by molar-refractivity contribution is -0.180. The van der Waals surface area contributed by atoms with E-state index >= 15 is 0 Å². The highest BCUT2D eigenvalue weighted by molar-refractivity contribution is 5.08. The predicted molar refractivity (Wildman–Crippen MR) is 56.9 cm³/mol. The van der Waals surface area contributed by atoms with Crippen molar-refractivity contribution in [2.24, 2.45) is 11.3 Å². The van der Waals surface area contributed by atoms with Crippen LogP contribution in [0.2, 0.25) is 0 Å². The van der Waals surface area contributed by atoms with E-state index in [0.717, 1.165) is 0 Å². The molecule has 0 bridgehead atoms. The average molecular weight is 248 g/mol. The molecule has 2 fully saturated rings. The zero-order chi connectivity index (χ0) is 12.8. The molecule has 0 aromatic carbocycles. The lowest BCUT2D eigenvalue weighted by Gasteiger charge is -2.48. The molecule has 2 saturated carbocycles. The quantitative estimate of drug-likeness (QED) is 0.307. The zero-order valence-electron chi connectivity index (χ0n) is 9.48. The first kappa shape index (κ1) is 13.2. The van der Waals surface area contributed by atoms with Gasteiger partial charge < -0.3 is 30.6 Å². The second-order valence-corrected chi connectivity index (χ2v) is 5.39. The van der Waals surface area contributed by atoms with Crippen molar-refractivity contribution < 1.29 is 30.6 Å². The molecule has 0 amide bonds. The molecule has 0 aromatic heterocycles. The van der Waals surface area contributed by atoms with E-state index in [9.17, 15) is 30.6 Å². The Bertz CT molecular complexity index is 269. The van der Waals surface area contributed by atoms with Crippen LogP contribution in [0.3, 0.4) is 0 Å². The van der Waals surface area contributed by atoms with Gasteiger partial charge in [-0.1, -0.05) is 0 Å². The zero-order valence-corrected chi connectivity index (χ0v) is 9.48. The number of rotatable bonds is 1. The minimum atomic E-state index is -1.30. The Labute approximate surface area is 99.1 Å². The molecule has 2 aliphatic carbocycles. The fourth-order valence-corrected chi connectivity index (χ4v) is 3.42. The Hall–Kier alpha value is -0.240. The smallest absolute Gasteiger partial charge is 0.106 e. The monoisotopic (exact) mass is 248 g/mol. The van der Waals surface area contributed by atoms with Crippen LogP contribution in [-0.4, -0.2) is 67.8 Å². The van der Waals surface area contributed by atoms with Crippen molar-refractivity contribution in [1.82, 2.24) is 0 Å². The maximum atomic E-state index is 10.1. The van der Waals surface area contributed by atoms with Gasteiger partial charge in [0.2, 0.25) is 0 Å². The highest BCUT2D eigenvalue weighted by Crippen LogP contribution is 2.52. The topological polar surface area (TPSA) is 121 Å². The first-order valence-electron chi connectivity index (χ1n) is 5.93. The van der Waals surface area contributed by atoms with Gasteiger partial charge in [-0.15, -0.1) is 0 Å². The molecule has 0 aliphatic heterocycles. The van der Waals surface area contributed by atoms with Crippen molar-refractivity contribution in [3.63, 3.8) is 0 Å². The maximum absolute atomic E-state index is 10.1. The summed E-state index contributed by atoms with van der Waals surface area (Å²) in [6.45, 7) is -0.250. The van der Waals surface area contributed by atoms with Crippen LogP contribution in [0.15, 0.2) is 0 Å². The summed E-state index contributed by atoms with van der Waals surface area (Å²) in [5.41, 5.74) is -0.910. The molecule has 0 heterocycles. The van der Waals surface area contributed by atoms with Gasteiger partial charge in [0.25, 0.3) is 0 Å². The molecule has 0 aromatic rings. The third-order valence-corrected chi connectivity index (χ3v) is 4.49. The summed E-state index contributed by atoms with van der Waals surface area (Å²) < 4.78 is 0. The lowest BCUT2D eigenvalue weighted by Crippen LogP contribution is -2.57. The fourth-order valence-electron chi connectivity index (χ4n) is 3.42. The van der Waals surface area contributed by atoms with Crippen LogP contribution in [0.25, 0.3) is 0 Å². The van der Waals surface area contributed by atoms with Crippen LogP contribution in [0.5, 0.6) is 0 Å². The third-order valence-electron chi connectivity index (χ3n) is 4.49. The van der Waals surface area contributed by atoms with Crippen molar-refractivity contribution in [3.05, 3.63) is 0 Å². The Morgan fingerprint density at radius 2 is 1.41 bits per heavy atom. The van der Waals surface area contributed by atoms with Crippen LogP contribution in [0.1, 0.15) is 19.3 Å². The lowest BCUT2D eigenvalue weighted by atomic mass is 9.61. The molecule has 2 aliphatic rings. The second kappa shape index (κ2) is 4.46. The van der Waals surface area contributed by atoms with Gasteiger partial charge >= 0.3 is 0 Å². The molecular weight excluding hydrogens is 228 g/mol. The molecular formula is C11H20O6. The van der Waals surface area contributed by atoms with Gasteiger partial charge in [-0.3, -0.25) is 0 Å². The normalized spacial score (nSPS) is 55.4. The maximum Gasteiger partial charge on any atom is 0.106 e. The van der Waals surface area contributed by atoms with E-state index in [-0.39, 0.29) is 25.9 Å². The summed E-state index contributed by atoms with van der Waals surface area (Å²) in [5, 5.41) is 58.0. The second-order valence-electron chi connectivity index (χ2n) is 5.39. The number of aliphatic hydroxyl groups is 6. The Morgan fingerprint density at radius 3 is 1.88 bits per heavy atom. The van der Waals surface area contributed by atoms with Crippen LogP contribution in [-0.2, 0) is 0 Å². The molecule has 1 unspecified atom stereocenters. The standard InChI is InChI=1S/C11H20O6/c12-4-5-1-6(13)9(16)10(17)11(5)2-7(14)8(15)3-11/h5-10,12-17H,1-4H2/t5-,6-,7-,8+,9+,10-,11?/m1/s1. The van der Waals surface area contributed by atoms with Gasteiger partial charge in [-0.2, -0.15) is 0 Å². The first-order valence-corrected chi connectivity index (χ1v) is 5.93. The number of hydrogen-bond donors (Lipinski definition) is 6. The molecule has 0 saturated heterocycles.